The number of pyridine rings is 1. The Morgan fingerprint density at radius 3 is 2.46 bits per heavy atom. The summed E-state index contributed by atoms with van der Waals surface area (Å²) in [6.45, 7) is 1.17. The molecule has 0 atom stereocenters. The summed E-state index contributed by atoms with van der Waals surface area (Å²) in [4.78, 5) is 4.40. The number of halogens is 1. The van der Waals surface area contributed by atoms with Gasteiger partial charge in [0.1, 0.15) is 19.0 Å². The van der Waals surface area contributed by atoms with E-state index in [2.05, 4.69) is 38.4 Å². The topological polar surface area (TPSA) is 43.4 Å². The number of aromatic nitrogens is 1. The average Bonchev–Trinajstić information content (AvgIpc) is 2.62. The molecule has 4 nitrogen and oxygen atoms in total. The van der Waals surface area contributed by atoms with Crippen molar-refractivity contribution in [2.45, 2.75) is 0 Å². The minimum atomic E-state index is 0.577. The Hall–Kier alpha value is -2.53. The molecular weight excluding hydrogens is 368 g/mol. The molecule has 1 aromatic heterocycles. The zero-order valence-electron chi connectivity index (χ0n) is 12.8. The Morgan fingerprint density at radius 1 is 0.833 bits per heavy atom. The lowest BCUT2D eigenvalue weighted by molar-refractivity contribution is 0.171. The van der Waals surface area contributed by atoms with E-state index < -0.39 is 0 Å². The summed E-state index contributed by atoms with van der Waals surface area (Å²) < 4.78 is 12.2. The van der Waals surface area contributed by atoms with Crippen LogP contribution >= 0.6 is 15.9 Å². The normalized spacial score (nSPS) is 12.7. The molecule has 2 aromatic carbocycles. The number of hydrogen-bond donors (Lipinski definition) is 1. The van der Waals surface area contributed by atoms with Crippen molar-refractivity contribution in [3.63, 3.8) is 0 Å². The van der Waals surface area contributed by atoms with E-state index >= 15 is 0 Å². The van der Waals surface area contributed by atoms with Crippen LogP contribution < -0.4 is 14.8 Å². The highest BCUT2D eigenvalue weighted by atomic mass is 79.9. The molecule has 1 aliphatic heterocycles. The van der Waals surface area contributed by atoms with Crippen molar-refractivity contribution in [1.29, 1.82) is 0 Å². The van der Waals surface area contributed by atoms with E-state index in [1.54, 1.807) is 6.20 Å². The van der Waals surface area contributed by atoms with Crippen LogP contribution in [0.15, 0.2) is 65.3 Å². The second-order valence-corrected chi connectivity index (χ2v) is 6.34. The first kappa shape index (κ1) is 15.0. The van der Waals surface area contributed by atoms with E-state index in [0.717, 1.165) is 38.6 Å². The fraction of sp³-hybridized carbons (Fsp3) is 0.105. The van der Waals surface area contributed by atoms with Gasteiger partial charge in [-0.1, -0.05) is 28.1 Å². The minimum absolute atomic E-state index is 0.577. The quantitative estimate of drug-likeness (QED) is 0.689. The molecule has 0 spiro atoms. The van der Waals surface area contributed by atoms with Crippen molar-refractivity contribution in [2.24, 2.45) is 0 Å². The molecule has 5 heteroatoms. The van der Waals surface area contributed by atoms with Crippen LogP contribution in [0.4, 0.5) is 11.5 Å². The molecule has 0 amide bonds. The van der Waals surface area contributed by atoms with Gasteiger partial charge < -0.3 is 14.8 Å². The summed E-state index contributed by atoms with van der Waals surface area (Å²) in [5.74, 6) is 2.32. The fourth-order valence-electron chi connectivity index (χ4n) is 2.59. The highest BCUT2D eigenvalue weighted by Gasteiger charge is 2.12. The van der Waals surface area contributed by atoms with Gasteiger partial charge in [0.25, 0.3) is 0 Å². The summed E-state index contributed by atoms with van der Waals surface area (Å²) in [7, 11) is 0. The minimum Gasteiger partial charge on any atom is -0.486 e. The SMILES string of the molecule is Brc1ccc(-c2ccnc(Nc3ccc4c(c3)OCCO4)c2)cc1. The number of fused-ring (bicyclic) bond motifs is 1. The Balaban J connectivity index is 1.59. The second kappa shape index (κ2) is 6.53. The van der Waals surface area contributed by atoms with Crippen LogP contribution in [0, 0.1) is 0 Å². The van der Waals surface area contributed by atoms with Crippen molar-refractivity contribution >= 4 is 27.4 Å². The van der Waals surface area contributed by atoms with Gasteiger partial charge in [0.2, 0.25) is 0 Å². The Labute approximate surface area is 148 Å². The van der Waals surface area contributed by atoms with Gasteiger partial charge >= 0.3 is 0 Å². The largest absolute Gasteiger partial charge is 0.486 e. The van der Waals surface area contributed by atoms with Crippen molar-refractivity contribution < 1.29 is 9.47 Å². The number of nitrogens with one attached hydrogen (secondary N) is 1. The molecule has 0 fully saturated rings. The predicted octanol–water partition coefficient (Wildman–Crippen LogP) is 5.03. The van der Waals surface area contributed by atoms with E-state index in [4.69, 9.17) is 9.47 Å². The lowest BCUT2D eigenvalue weighted by Gasteiger charge is -2.19. The van der Waals surface area contributed by atoms with Crippen LogP contribution in [-0.4, -0.2) is 18.2 Å². The van der Waals surface area contributed by atoms with Crippen molar-refractivity contribution in [3.05, 3.63) is 65.3 Å². The van der Waals surface area contributed by atoms with E-state index in [1.165, 1.54) is 0 Å². The number of benzene rings is 2. The van der Waals surface area contributed by atoms with Crippen LogP contribution in [0.5, 0.6) is 11.5 Å². The molecule has 2 heterocycles. The van der Waals surface area contributed by atoms with Crippen molar-refractivity contribution in [2.75, 3.05) is 18.5 Å². The molecule has 0 radical (unpaired) electrons. The van der Waals surface area contributed by atoms with Crippen molar-refractivity contribution in [3.8, 4) is 22.6 Å². The van der Waals surface area contributed by atoms with Gasteiger partial charge in [-0.2, -0.15) is 0 Å². The first-order valence-corrected chi connectivity index (χ1v) is 8.46. The zero-order chi connectivity index (χ0) is 16.4. The molecular formula is C19H15BrN2O2. The maximum Gasteiger partial charge on any atom is 0.163 e. The molecule has 1 aliphatic rings. The van der Waals surface area contributed by atoms with Gasteiger partial charge in [0.05, 0.1) is 0 Å². The number of anilines is 2. The number of hydrogen-bond acceptors (Lipinski definition) is 4. The van der Waals surface area contributed by atoms with E-state index in [0.29, 0.717) is 13.2 Å². The predicted molar refractivity (Wildman–Crippen MR) is 98.1 cm³/mol. The first-order valence-electron chi connectivity index (χ1n) is 7.67. The lowest BCUT2D eigenvalue weighted by atomic mass is 10.1. The van der Waals surface area contributed by atoms with Gasteiger partial charge in [-0.15, -0.1) is 0 Å². The Morgan fingerprint density at radius 2 is 1.62 bits per heavy atom. The first-order chi connectivity index (χ1) is 11.8. The third-order valence-electron chi connectivity index (χ3n) is 3.75. The van der Waals surface area contributed by atoms with Gasteiger partial charge in [-0.25, -0.2) is 4.98 Å². The van der Waals surface area contributed by atoms with Gasteiger partial charge in [-0.3, -0.25) is 0 Å². The Kier molecular flexibility index (Phi) is 4.09. The average molecular weight is 383 g/mol. The number of nitrogens with zero attached hydrogens (tertiary/aromatic N) is 1. The third kappa shape index (κ3) is 3.21. The smallest absolute Gasteiger partial charge is 0.163 e. The van der Waals surface area contributed by atoms with Crippen molar-refractivity contribution in [1.82, 2.24) is 4.98 Å². The van der Waals surface area contributed by atoms with Crippen LogP contribution in [0.3, 0.4) is 0 Å². The maximum absolute atomic E-state index is 5.62. The van der Waals surface area contributed by atoms with E-state index in [1.807, 2.05) is 42.5 Å². The molecule has 0 saturated carbocycles. The van der Waals surface area contributed by atoms with Crippen LogP contribution in [-0.2, 0) is 0 Å². The monoisotopic (exact) mass is 382 g/mol. The molecule has 1 N–H and O–H groups in total. The Bertz CT molecular complexity index is 865. The van der Waals surface area contributed by atoms with Crippen LogP contribution in [0.25, 0.3) is 11.1 Å². The molecule has 3 aromatic rings. The summed E-state index contributed by atoms with van der Waals surface area (Å²) in [5.41, 5.74) is 3.17. The van der Waals surface area contributed by atoms with Crippen LogP contribution in [0.2, 0.25) is 0 Å². The zero-order valence-corrected chi connectivity index (χ0v) is 14.4. The summed E-state index contributed by atoms with van der Waals surface area (Å²) in [6, 6.07) is 18.0. The second-order valence-electron chi connectivity index (χ2n) is 5.42. The van der Waals surface area contributed by atoms with E-state index in [9.17, 15) is 0 Å². The molecule has 4 rings (SSSR count). The molecule has 24 heavy (non-hydrogen) atoms. The summed E-state index contributed by atoms with van der Waals surface area (Å²) in [5, 5.41) is 3.32. The molecule has 0 bridgehead atoms. The molecule has 120 valence electrons. The summed E-state index contributed by atoms with van der Waals surface area (Å²) in [6.07, 6.45) is 1.80. The third-order valence-corrected chi connectivity index (χ3v) is 4.28. The number of ether oxygens (including phenoxy) is 2. The molecule has 0 saturated heterocycles. The van der Waals surface area contributed by atoms with Gasteiger partial charge in [0, 0.05) is 22.4 Å². The number of rotatable bonds is 3. The summed E-state index contributed by atoms with van der Waals surface area (Å²) >= 11 is 3.46. The molecule has 0 aliphatic carbocycles. The van der Waals surface area contributed by atoms with Gasteiger partial charge in [0.15, 0.2) is 11.5 Å². The molecule has 0 unspecified atom stereocenters. The van der Waals surface area contributed by atoms with Crippen LogP contribution in [0.1, 0.15) is 0 Å². The lowest BCUT2D eigenvalue weighted by Crippen LogP contribution is -2.15. The van der Waals surface area contributed by atoms with Gasteiger partial charge in [-0.05, 0) is 47.5 Å². The standard InChI is InChI=1S/C19H15BrN2O2/c20-15-3-1-13(2-4-15)14-7-8-21-19(11-14)22-16-5-6-17-18(12-16)24-10-9-23-17/h1-8,11-12H,9-10H2,(H,21,22). The fourth-order valence-corrected chi connectivity index (χ4v) is 2.85. The highest BCUT2D eigenvalue weighted by molar-refractivity contribution is 9.10. The highest BCUT2D eigenvalue weighted by Crippen LogP contribution is 2.33. The maximum atomic E-state index is 5.62. The van der Waals surface area contributed by atoms with E-state index in [-0.39, 0.29) is 0 Å².